The van der Waals surface area contributed by atoms with Crippen molar-refractivity contribution in [3.05, 3.63) is 28.2 Å². The molecule has 1 fully saturated rings. The number of benzene rings is 1. The zero-order valence-electron chi connectivity index (χ0n) is 18.3. The molecule has 0 radical (unpaired) electrons. The molecule has 168 valence electrons. The highest BCUT2D eigenvalue weighted by atomic mass is 79.9. The lowest BCUT2D eigenvalue weighted by Gasteiger charge is -2.29. The zero-order chi connectivity index (χ0) is 22.1. The Balaban J connectivity index is 1.99. The lowest BCUT2D eigenvalue weighted by molar-refractivity contribution is -0.134. The van der Waals surface area contributed by atoms with Gasteiger partial charge in [0.1, 0.15) is 5.75 Å². The molecular weight excluding hydrogens is 448 g/mol. The van der Waals surface area contributed by atoms with E-state index in [1.807, 2.05) is 37.2 Å². The molecule has 3 N–H and O–H groups in total. The number of nitrogens with zero attached hydrogens (tertiary/aromatic N) is 2. The number of ether oxygens (including phenoxy) is 1. The maximum Gasteiger partial charge on any atom is 0.223 e. The Morgan fingerprint density at radius 3 is 2.73 bits per heavy atom. The predicted molar refractivity (Wildman–Crippen MR) is 122 cm³/mol. The van der Waals surface area contributed by atoms with Crippen LogP contribution in [0.2, 0.25) is 0 Å². The van der Waals surface area contributed by atoms with Crippen molar-refractivity contribution in [3.8, 4) is 5.75 Å². The maximum atomic E-state index is 12.9. The lowest BCUT2D eigenvalue weighted by atomic mass is 10.0. The van der Waals surface area contributed by atoms with E-state index in [0.717, 1.165) is 48.3 Å². The molecule has 1 saturated heterocycles. The smallest absolute Gasteiger partial charge is 0.223 e. The molecule has 0 saturated carbocycles. The average Bonchev–Trinajstić information content (AvgIpc) is 3.22. The van der Waals surface area contributed by atoms with E-state index in [2.05, 4.69) is 26.1 Å². The molecule has 2 amide bonds. The van der Waals surface area contributed by atoms with Gasteiger partial charge >= 0.3 is 0 Å². The Morgan fingerprint density at radius 2 is 2.13 bits per heavy atom. The molecule has 1 aliphatic rings. The van der Waals surface area contributed by atoms with E-state index in [1.54, 1.807) is 6.92 Å². The highest BCUT2D eigenvalue weighted by Gasteiger charge is 2.27. The number of hydrogen-bond donors (Lipinski definition) is 2. The minimum absolute atomic E-state index is 0.0666. The van der Waals surface area contributed by atoms with Crippen LogP contribution in [0.25, 0.3) is 0 Å². The summed E-state index contributed by atoms with van der Waals surface area (Å²) in [5.74, 6) is 0.225. The predicted octanol–water partition coefficient (Wildman–Crippen LogP) is 2.37. The highest BCUT2D eigenvalue weighted by Crippen LogP contribution is 2.27. The fourth-order valence-electron chi connectivity index (χ4n) is 3.47. The minimum Gasteiger partial charge on any atom is -0.492 e. The molecule has 0 spiro atoms. The monoisotopic (exact) mass is 482 g/mol. The number of halogens is 1. The van der Waals surface area contributed by atoms with Crippen molar-refractivity contribution in [2.45, 2.75) is 45.2 Å². The second-order valence-electron chi connectivity index (χ2n) is 8.28. The van der Waals surface area contributed by atoms with Gasteiger partial charge in [-0.1, -0.05) is 13.0 Å². The van der Waals surface area contributed by atoms with E-state index < -0.39 is 0 Å². The van der Waals surface area contributed by atoms with Gasteiger partial charge < -0.3 is 25.6 Å². The number of nitrogens with one attached hydrogen (secondary N) is 1. The first kappa shape index (κ1) is 24.6. The van der Waals surface area contributed by atoms with Crippen molar-refractivity contribution in [1.29, 1.82) is 0 Å². The second kappa shape index (κ2) is 12.3. The van der Waals surface area contributed by atoms with Crippen molar-refractivity contribution in [2.75, 3.05) is 40.3 Å². The normalized spacial score (nSPS) is 17.2. The SMILES string of the molecule is C[C@@H](CCC(=O)N(Cc1ccc(OCCCN(C)C)c(Br)c1)[C@H]1CCNC1)C(N)=O. The molecule has 0 bridgehead atoms. The van der Waals surface area contributed by atoms with Crippen molar-refractivity contribution in [1.82, 2.24) is 15.1 Å². The van der Waals surface area contributed by atoms with Crippen LogP contribution in [0, 0.1) is 5.92 Å². The molecular formula is C22H35BrN4O3. The van der Waals surface area contributed by atoms with Crippen LogP contribution < -0.4 is 15.8 Å². The van der Waals surface area contributed by atoms with Gasteiger partial charge in [-0.15, -0.1) is 0 Å². The van der Waals surface area contributed by atoms with Gasteiger partial charge in [-0.05, 0) is 73.5 Å². The van der Waals surface area contributed by atoms with Crippen LogP contribution in [0.4, 0.5) is 0 Å². The molecule has 7 nitrogen and oxygen atoms in total. The first-order valence-corrected chi connectivity index (χ1v) is 11.4. The van der Waals surface area contributed by atoms with Gasteiger partial charge in [0, 0.05) is 38.0 Å². The number of rotatable bonds is 12. The van der Waals surface area contributed by atoms with E-state index in [4.69, 9.17) is 10.5 Å². The van der Waals surface area contributed by atoms with E-state index in [9.17, 15) is 9.59 Å². The minimum atomic E-state index is -0.359. The van der Waals surface area contributed by atoms with Gasteiger partial charge in [0.25, 0.3) is 0 Å². The third kappa shape index (κ3) is 7.89. The Hall–Kier alpha value is -1.64. The van der Waals surface area contributed by atoms with E-state index >= 15 is 0 Å². The van der Waals surface area contributed by atoms with Crippen LogP contribution >= 0.6 is 15.9 Å². The molecule has 30 heavy (non-hydrogen) atoms. The maximum absolute atomic E-state index is 12.9. The number of primary amides is 1. The van der Waals surface area contributed by atoms with Crippen LogP contribution in [0.15, 0.2) is 22.7 Å². The van der Waals surface area contributed by atoms with Crippen molar-refractivity contribution in [3.63, 3.8) is 0 Å². The molecule has 1 aromatic carbocycles. The first-order valence-electron chi connectivity index (χ1n) is 10.6. The van der Waals surface area contributed by atoms with Crippen molar-refractivity contribution in [2.24, 2.45) is 11.7 Å². The molecule has 1 aliphatic heterocycles. The zero-order valence-corrected chi connectivity index (χ0v) is 19.9. The summed E-state index contributed by atoms with van der Waals surface area (Å²) in [6.45, 7) is 5.66. The van der Waals surface area contributed by atoms with Crippen LogP contribution in [-0.4, -0.2) is 68.0 Å². The average molecular weight is 483 g/mol. The molecule has 0 unspecified atom stereocenters. The summed E-state index contributed by atoms with van der Waals surface area (Å²) in [6.07, 6.45) is 2.70. The third-order valence-corrected chi connectivity index (χ3v) is 6.05. The van der Waals surface area contributed by atoms with Gasteiger partial charge in [0.2, 0.25) is 11.8 Å². The Morgan fingerprint density at radius 1 is 1.37 bits per heavy atom. The van der Waals surface area contributed by atoms with Gasteiger partial charge in [0.15, 0.2) is 0 Å². The lowest BCUT2D eigenvalue weighted by Crippen LogP contribution is -2.41. The molecule has 1 heterocycles. The summed E-state index contributed by atoms with van der Waals surface area (Å²) in [6, 6.07) is 6.17. The molecule has 1 aromatic rings. The van der Waals surface area contributed by atoms with Crippen LogP contribution in [0.5, 0.6) is 5.75 Å². The summed E-state index contributed by atoms with van der Waals surface area (Å²) < 4.78 is 6.77. The highest BCUT2D eigenvalue weighted by molar-refractivity contribution is 9.10. The number of amides is 2. The van der Waals surface area contributed by atoms with Crippen LogP contribution in [0.3, 0.4) is 0 Å². The number of carbonyl (C=O) groups excluding carboxylic acids is 2. The van der Waals surface area contributed by atoms with Crippen LogP contribution in [0.1, 0.15) is 38.2 Å². The van der Waals surface area contributed by atoms with Gasteiger partial charge in [-0.3, -0.25) is 9.59 Å². The van der Waals surface area contributed by atoms with Crippen molar-refractivity contribution < 1.29 is 14.3 Å². The van der Waals surface area contributed by atoms with E-state index in [0.29, 0.717) is 26.0 Å². The number of hydrogen-bond acceptors (Lipinski definition) is 5. The summed E-state index contributed by atoms with van der Waals surface area (Å²) in [7, 11) is 4.10. The third-order valence-electron chi connectivity index (χ3n) is 5.43. The summed E-state index contributed by atoms with van der Waals surface area (Å²) in [5, 5.41) is 3.33. The number of nitrogens with two attached hydrogens (primary N) is 1. The summed E-state index contributed by atoms with van der Waals surface area (Å²) >= 11 is 3.60. The van der Waals surface area contributed by atoms with Crippen LogP contribution in [-0.2, 0) is 16.1 Å². The fourth-order valence-corrected chi connectivity index (χ4v) is 4.01. The fraction of sp³-hybridized carbons (Fsp3) is 0.636. The van der Waals surface area contributed by atoms with Gasteiger partial charge in [0.05, 0.1) is 11.1 Å². The largest absolute Gasteiger partial charge is 0.492 e. The van der Waals surface area contributed by atoms with Gasteiger partial charge in [-0.25, -0.2) is 0 Å². The molecule has 2 rings (SSSR count). The summed E-state index contributed by atoms with van der Waals surface area (Å²) in [5.41, 5.74) is 6.39. The summed E-state index contributed by atoms with van der Waals surface area (Å²) in [4.78, 5) is 28.3. The molecule has 0 aliphatic carbocycles. The number of carbonyl (C=O) groups is 2. The molecule has 2 atom stereocenters. The van der Waals surface area contributed by atoms with Crippen molar-refractivity contribution >= 4 is 27.7 Å². The molecule has 0 aromatic heterocycles. The van der Waals surface area contributed by atoms with E-state index in [1.165, 1.54) is 0 Å². The Bertz CT molecular complexity index is 708. The standard InChI is InChI=1S/C22H35BrN4O3/c1-16(22(24)29)5-8-21(28)27(18-9-10-25-14-18)15-17-6-7-20(19(23)13-17)30-12-4-11-26(2)3/h6-7,13,16,18,25H,4-5,8-12,14-15H2,1-3H3,(H2,24,29)/t16-,18-/m0/s1. The van der Waals surface area contributed by atoms with Gasteiger partial charge in [-0.2, -0.15) is 0 Å². The molecule has 8 heteroatoms. The second-order valence-corrected chi connectivity index (χ2v) is 9.13. The quantitative estimate of drug-likeness (QED) is 0.446. The first-order chi connectivity index (χ1) is 14.3. The Kier molecular flexibility index (Phi) is 10.1. The Labute approximate surface area is 188 Å². The topological polar surface area (TPSA) is 87.9 Å². The van der Waals surface area contributed by atoms with E-state index in [-0.39, 0.29) is 23.8 Å².